The van der Waals surface area contributed by atoms with Crippen molar-refractivity contribution in [3.05, 3.63) is 65.7 Å². The van der Waals surface area contributed by atoms with Crippen molar-refractivity contribution in [3.8, 4) is 17.2 Å². The van der Waals surface area contributed by atoms with Gasteiger partial charge in [-0.25, -0.2) is 0 Å². The molecule has 0 aromatic heterocycles. The molecule has 0 radical (unpaired) electrons. The first-order valence-corrected chi connectivity index (χ1v) is 9.56. The smallest absolute Gasteiger partial charge is 0.227 e. The van der Waals surface area contributed by atoms with Crippen molar-refractivity contribution < 1.29 is 19.0 Å². The predicted molar refractivity (Wildman–Crippen MR) is 115 cm³/mol. The maximum atomic E-state index is 12.9. The molecular formula is C24H27NO4. The molecule has 3 aromatic rings. The number of amides is 1. The van der Waals surface area contributed by atoms with Crippen LogP contribution in [0.1, 0.15) is 36.9 Å². The highest BCUT2D eigenvalue weighted by molar-refractivity contribution is 5.88. The first-order chi connectivity index (χ1) is 14.0. The maximum absolute atomic E-state index is 12.9. The highest BCUT2D eigenvalue weighted by atomic mass is 16.5. The quantitative estimate of drug-likeness (QED) is 0.624. The van der Waals surface area contributed by atoms with Crippen LogP contribution in [0, 0.1) is 0 Å². The topological polar surface area (TPSA) is 56.8 Å². The molecule has 1 unspecified atom stereocenters. The molecular weight excluding hydrogens is 366 g/mol. The van der Waals surface area contributed by atoms with Crippen LogP contribution in [0.2, 0.25) is 0 Å². The molecule has 0 aliphatic rings. The summed E-state index contributed by atoms with van der Waals surface area (Å²) in [5.74, 6) is 1.82. The lowest BCUT2D eigenvalue weighted by Crippen LogP contribution is -2.30. The fourth-order valence-electron chi connectivity index (χ4n) is 3.33. The molecule has 3 rings (SSSR count). The van der Waals surface area contributed by atoms with E-state index in [-0.39, 0.29) is 17.9 Å². The van der Waals surface area contributed by atoms with E-state index in [0.717, 1.165) is 27.6 Å². The Balaban J connectivity index is 1.75. The maximum Gasteiger partial charge on any atom is 0.227 e. The van der Waals surface area contributed by atoms with Gasteiger partial charge in [-0.2, -0.15) is 0 Å². The molecule has 0 spiro atoms. The van der Waals surface area contributed by atoms with Crippen molar-refractivity contribution in [2.24, 2.45) is 0 Å². The standard InChI is InChI=1S/C24H27NO4/c1-15(17-6-7-20-13-21(27-3)10-8-19(20)12-17)24(26)25-16(2)18-9-11-22(28-4)23(14-18)29-5/h6-16H,1-5H3,(H,25,26)/t15-,16?/m0/s1. The van der Waals surface area contributed by atoms with Crippen LogP contribution in [0.15, 0.2) is 54.6 Å². The van der Waals surface area contributed by atoms with Crippen LogP contribution in [0.4, 0.5) is 0 Å². The zero-order chi connectivity index (χ0) is 21.0. The highest BCUT2D eigenvalue weighted by Crippen LogP contribution is 2.30. The number of carbonyl (C=O) groups is 1. The van der Waals surface area contributed by atoms with Crippen molar-refractivity contribution in [1.29, 1.82) is 0 Å². The van der Waals surface area contributed by atoms with Gasteiger partial charge in [0.1, 0.15) is 5.75 Å². The van der Waals surface area contributed by atoms with Crippen molar-refractivity contribution in [2.75, 3.05) is 21.3 Å². The Morgan fingerprint density at radius 2 is 1.41 bits per heavy atom. The van der Waals surface area contributed by atoms with Crippen LogP contribution in [0.5, 0.6) is 17.2 Å². The molecule has 0 saturated carbocycles. The van der Waals surface area contributed by atoms with E-state index < -0.39 is 0 Å². The molecule has 3 aromatic carbocycles. The van der Waals surface area contributed by atoms with Gasteiger partial charge in [0.25, 0.3) is 0 Å². The van der Waals surface area contributed by atoms with E-state index in [2.05, 4.69) is 11.4 Å². The second-order valence-electron chi connectivity index (χ2n) is 7.04. The van der Waals surface area contributed by atoms with E-state index in [4.69, 9.17) is 14.2 Å². The first-order valence-electron chi connectivity index (χ1n) is 9.56. The van der Waals surface area contributed by atoms with Gasteiger partial charge in [0.05, 0.1) is 33.3 Å². The Hall–Kier alpha value is -3.21. The summed E-state index contributed by atoms with van der Waals surface area (Å²) in [6.45, 7) is 3.87. The van der Waals surface area contributed by atoms with Gasteiger partial charge in [-0.05, 0) is 60.0 Å². The first kappa shape index (κ1) is 20.5. The van der Waals surface area contributed by atoms with Crippen molar-refractivity contribution in [1.82, 2.24) is 5.32 Å². The molecule has 0 heterocycles. The minimum atomic E-state index is -0.274. The summed E-state index contributed by atoms with van der Waals surface area (Å²) >= 11 is 0. The lowest BCUT2D eigenvalue weighted by Gasteiger charge is -2.19. The van der Waals surface area contributed by atoms with E-state index in [1.165, 1.54) is 0 Å². The number of nitrogens with one attached hydrogen (secondary N) is 1. The van der Waals surface area contributed by atoms with Gasteiger partial charge in [-0.3, -0.25) is 4.79 Å². The molecule has 5 heteroatoms. The number of fused-ring (bicyclic) bond motifs is 1. The van der Waals surface area contributed by atoms with Gasteiger partial charge >= 0.3 is 0 Å². The van der Waals surface area contributed by atoms with Crippen molar-refractivity contribution >= 4 is 16.7 Å². The Labute approximate surface area is 171 Å². The molecule has 0 bridgehead atoms. The van der Waals surface area contributed by atoms with Gasteiger partial charge in [0.2, 0.25) is 5.91 Å². The molecule has 5 nitrogen and oxygen atoms in total. The zero-order valence-corrected chi connectivity index (χ0v) is 17.5. The molecule has 152 valence electrons. The molecule has 1 amide bonds. The third kappa shape index (κ3) is 4.45. The number of benzene rings is 3. The number of hydrogen-bond acceptors (Lipinski definition) is 4. The molecule has 0 fully saturated rings. The van der Waals surface area contributed by atoms with Crippen LogP contribution in [0.25, 0.3) is 10.8 Å². The molecule has 0 aliphatic carbocycles. The minimum Gasteiger partial charge on any atom is -0.497 e. The number of hydrogen-bond donors (Lipinski definition) is 1. The summed E-state index contributed by atoms with van der Waals surface area (Å²) in [6, 6.07) is 17.5. The van der Waals surface area contributed by atoms with Crippen LogP contribution in [-0.4, -0.2) is 27.2 Å². The molecule has 0 saturated heterocycles. The highest BCUT2D eigenvalue weighted by Gasteiger charge is 2.19. The van der Waals surface area contributed by atoms with Crippen LogP contribution in [0.3, 0.4) is 0 Å². The van der Waals surface area contributed by atoms with Gasteiger partial charge in [-0.1, -0.05) is 30.3 Å². The van der Waals surface area contributed by atoms with E-state index in [1.54, 1.807) is 21.3 Å². The SMILES string of the molecule is COc1ccc2cc([C@H](C)C(=O)NC(C)c3ccc(OC)c(OC)c3)ccc2c1. The average Bonchev–Trinajstić information content (AvgIpc) is 2.77. The van der Waals surface area contributed by atoms with Crippen LogP contribution < -0.4 is 19.5 Å². The second-order valence-corrected chi connectivity index (χ2v) is 7.04. The largest absolute Gasteiger partial charge is 0.497 e. The Morgan fingerprint density at radius 3 is 2.10 bits per heavy atom. The third-order valence-corrected chi connectivity index (χ3v) is 5.23. The lowest BCUT2D eigenvalue weighted by molar-refractivity contribution is -0.122. The van der Waals surface area contributed by atoms with Crippen LogP contribution in [-0.2, 0) is 4.79 Å². The zero-order valence-electron chi connectivity index (χ0n) is 17.5. The minimum absolute atomic E-state index is 0.0276. The summed E-state index contributed by atoms with van der Waals surface area (Å²) in [6.07, 6.45) is 0. The van der Waals surface area contributed by atoms with Gasteiger partial charge < -0.3 is 19.5 Å². The van der Waals surface area contributed by atoms with Crippen molar-refractivity contribution in [3.63, 3.8) is 0 Å². The summed E-state index contributed by atoms with van der Waals surface area (Å²) in [4.78, 5) is 12.9. The Morgan fingerprint density at radius 1 is 0.759 bits per heavy atom. The number of carbonyl (C=O) groups excluding carboxylic acids is 1. The number of ether oxygens (including phenoxy) is 3. The fraction of sp³-hybridized carbons (Fsp3) is 0.292. The van der Waals surface area contributed by atoms with Crippen molar-refractivity contribution in [2.45, 2.75) is 25.8 Å². The van der Waals surface area contributed by atoms with Gasteiger partial charge in [0.15, 0.2) is 11.5 Å². The Kier molecular flexibility index (Phi) is 6.27. The normalized spacial score (nSPS) is 12.9. The Bertz CT molecular complexity index is 1010. The molecule has 0 aliphatic heterocycles. The van der Waals surface area contributed by atoms with Crippen LogP contribution >= 0.6 is 0 Å². The average molecular weight is 393 g/mol. The summed E-state index contributed by atoms with van der Waals surface area (Å²) in [7, 11) is 4.85. The summed E-state index contributed by atoms with van der Waals surface area (Å²) in [5, 5.41) is 5.26. The lowest BCUT2D eigenvalue weighted by atomic mass is 9.96. The second kappa shape index (κ2) is 8.86. The number of rotatable bonds is 7. The van der Waals surface area contributed by atoms with E-state index >= 15 is 0 Å². The molecule has 29 heavy (non-hydrogen) atoms. The monoisotopic (exact) mass is 393 g/mol. The van der Waals surface area contributed by atoms with E-state index in [1.807, 2.05) is 62.4 Å². The fourth-order valence-corrected chi connectivity index (χ4v) is 3.33. The van der Waals surface area contributed by atoms with Gasteiger partial charge in [0, 0.05) is 0 Å². The number of methoxy groups -OCH3 is 3. The summed E-state index contributed by atoms with van der Waals surface area (Å²) in [5.41, 5.74) is 1.92. The summed E-state index contributed by atoms with van der Waals surface area (Å²) < 4.78 is 15.9. The van der Waals surface area contributed by atoms with E-state index in [9.17, 15) is 4.79 Å². The van der Waals surface area contributed by atoms with Gasteiger partial charge in [-0.15, -0.1) is 0 Å². The molecule has 1 N–H and O–H groups in total. The predicted octanol–water partition coefficient (Wildman–Crippen LogP) is 4.85. The van der Waals surface area contributed by atoms with E-state index in [0.29, 0.717) is 11.5 Å². The molecule has 2 atom stereocenters. The third-order valence-electron chi connectivity index (χ3n) is 5.23.